The molecule has 0 atom stereocenters. The molecule has 0 saturated heterocycles. The van der Waals surface area contributed by atoms with Crippen molar-refractivity contribution >= 4 is 11.1 Å². The first kappa shape index (κ1) is 14.6. The van der Waals surface area contributed by atoms with E-state index >= 15 is 0 Å². The van der Waals surface area contributed by atoms with Crippen LogP contribution in [-0.4, -0.2) is 19.7 Å². The van der Waals surface area contributed by atoms with Crippen LogP contribution in [0.5, 0.6) is 0 Å². The van der Waals surface area contributed by atoms with Gasteiger partial charge in [0.25, 0.3) is 0 Å². The van der Waals surface area contributed by atoms with E-state index in [0.717, 1.165) is 28.2 Å². The highest BCUT2D eigenvalue weighted by Gasteiger charge is 2.15. The van der Waals surface area contributed by atoms with E-state index in [2.05, 4.69) is 48.1 Å². The number of aryl methyl sites for hydroxylation is 4. The topological polar surface area (TPSA) is 56.7 Å². The van der Waals surface area contributed by atoms with Crippen LogP contribution < -0.4 is 0 Å². The summed E-state index contributed by atoms with van der Waals surface area (Å²) in [5, 5.41) is 8.46. The van der Waals surface area contributed by atoms with Crippen molar-refractivity contribution in [3.63, 3.8) is 0 Å². The van der Waals surface area contributed by atoms with E-state index in [1.807, 2.05) is 29.7 Å². The molecule has 0 radical (unpaired) electrons. The van der Waals surface area contributed by atoms with E-state index in [1.54, 1.807) is 6.33 Å². The van der Waals surface area contributed by atoms with Gasteiger partial charge in [-0.3, -0.25) is 4.57 Å². The monoisotopic (exact) mass is 318 g/mol. The average Bonchev–Trinajstić information content (AvgIpc) is 3.10. The van der Waals surface area contributed by atoms with Gasteiger partial charge in [0.15, 0.2) is 17.3 Å². The molecule has 2 heterocycles. The van der Waals surface area contributed by atoms with Gasteiger partial charge in [0.05, 0.1) is 5.69 Å². The van der Waals surface area contributed by atoms with Crippen molar-refractivity contribution in [2.24, 2.45) is 0 Å². The Balaban J connectivity index is 1.91. The molecular formula is C19H18N4O. The largest absolute Gasteiger partial charge is 0.441 e. The van der Waals surface area contributed by atoms with Crippen molar-refractivity contribution in [3.8, 4) is 17.1 Å². The molecule has 0 aliphatic rings. The zero-order chi connectivity index (χ0) is 16.8. The Kier molecular flexibility index (Phi) is 3.23. The first-order valence-electron chi connectivity index (χ1n) is 7.89. The third kappa shape index (κ3) is 2.29. The maximum Gasteiger partial charge on any atom is 0.192 e. The molecule has 0 aliphatic heterocycles. The summed E-state index contributed by atoms with van der Waals surface area (Å²) in [6.07, 6.45) is 1.76. The van der Waals surface area contributed by atoms with Crippen molar-refractivity contribution in [1.29, 1.82) is 0 Å². The second kappa shape index (κ2) is 5.30. The summed E-state index contributed by atoms with van der Waals surface area (Å²) in [5.41, 5.74) is 7.34. The van der Waals surface area contributed by atoms with Crippen LogP contribution in [0.1, 0.15) is 22.6 Å². The van der Waals surface area contributed by atoms with Gasteiger partial charge in [-0.1, -0.05) is 17.7 Å². The lowest BCUT2D eigenvalue weighted by molar-refractivity contribution is 0.561. The molecule has 0 saturated carbocycles. The minimum Gasteiger partial charge on any atom is -0.441 e. The average molecular weight is 318 g/mol. The normalized spacial score (nSPS) is 11.3. The Morgan fingerprint density at radius 2 is 1.71 bits per heavy atom. The molecule has 0 amide bonds. The van der Waals surface area contributed by atoms with E-state index < -0.39 is 0 Å². The highest BCUT2D eigenvalue weighted by molar-refractivity contribution is 5.79. The SMILES string of the molecule is Cc1cc(C)c(-n2cnnc2-c2ccc3nc(C)oc3c2)c(C)c1. The molecule has 0 aliphatic carbocycles. The van der Waals surface area contributed by atoms with Crippen LogP contribution in [0.2, 0.25) is 0 Å². The first-order chi connectivity index (χ1) is 11.5. The van der Waals surface area contributed by atoms with Gasteiger partial charge in [0, 0.05) is 12.5 Å². The van der Waals surface area contributed by atoms with Crippen molar-refractivity contribution < 1.29 is 4.42 Å². The summed E-state index contributed by atoms with van der Waals surface area (Å²) < 4.78 is 7.68. The van der Waals surface area contributed by atoms with E-state index in [1.165, 1.54) is 16.7 Å². The lowest BCUT2D eigenvalue weighted by Crippen LogP contribution is -2.02. The van der Waals surface area contributed by atoms with Crippen LogP contribution in [0.3, 0.4) is 0 Å². The van der Waals surface area contributed by atoms with E-state index in [9.17, 15) is 0 Å². The van der Waals surface area contributed by atoms with Crippen LogP contribution in [0.4, 0.5) is 0 Å². The van der Waals surface area contributed by atoms with Gasteiger partial charge in [-0.15, -0.1) is 10.2 Å². The van der Waals surface area contributed by atoms with Crippen molar-refractivity contribution in [2.45, 2.75) is 27.7 Å². The van der Waals surface area contributed by atoms with Gasteiger partial charge in [0.2, 0.25) is 0 Å². The van der Waals surface area contributed by atoms with Gasteiger partial charge in [-0.05, 0) is 50.1 Å². The molecular weight excluding hydrogens is 300 g/mol. The highest BCUT2D eigenvalue weighted by Crippen LogP contribution is 2.28. The Hall–Kier alpha value is -2.95. The fraction of sp³-hybridized carbons (Fsp3) is 0.211. The lowest BCUT2D eigenvalue weighted by atomic mass is 10.0. The Morgan fingerprint density at radius 3 is 2.46 bits per heavy atom. The molecule has 2 aromatic heterocycles. The van der Waals surface area contributed by atoms with Gasteiger partial charge in [0.1, 0.15) is 11.8 Å². The number of nitrogens with zero attached hydrogens (tertiary/aromatic N) is 4. The number of hydrogen-bond donors (Lipinski definition) is 0. The molecule has 120 valence electrons. The summed E-state index contributed by atoms with van der Waals surface area (Å²) in [5.74, 6) is 1.45. The quantitative estimate of drug-likeness (QED) is 0.552. The second-order valence-corrected chi connectivity index (χ2v) is 6.19. The summed E-state index contributed by atoms with van der Waals surface area (Å²) in [4.78, 5) is 4.34. The molecule has 5 nitrogen and oxygen atoms in total. The number of hydrogen-bond acceptors (Lipinski definition) is 4. The van der Waals surface area contributed by atoms with E-state index in [0.29, 0.717) is 5.89 Å². The van der Waals surface area contributed by atoms with E-state index in [4.69, 9.17) is 4.42 Å². The number of oxazole rings is 1. The van der Waals surface area contributed by atoms with Crippen molar-refractivity contribution in [1.82, 2.24) is 19.7 Å². The highest BCUT2D eigenvalue weighted by atomic mass is 16.3. The van der Waals surface area contributed by atoms with Crippen LogP contribution >= 0.6 is 0 Å². The predicted octanol–water partition coefficient (Wildman–Crippen LogP) is 4.31. The summed E-state index contributed by atoms with van der Waals surface area (Å²) in [6.45, 7) is 8.18. The number of fused-ring (bicyclic) bond motifs is 1. The third-order valence-electron chi connectivity index (χ3n) is 4.18. The zero-order valence-corrected chi connectivity index (χ0v) is 14.2. The standard InChI is InChI=1S/C19H18N4O/c1-11-7-12(2)18(13(3)8-11)23-10-20-22-19(23)15-5-6-16-17(9-15)24-14(4)21-16/h5-10H,1-4H3. The molecule has 0 fully saturated rings. The minimum atomic E-state index is 0.661. The number of benzene rings is 2. The molecule has 0 bridgehead atoms. The Labute approximate surface area is 140 Å². The van der Waals surface area contributed by atoms with Gasteiger partial charge < -0.3 is 4.42 Å². The molecule has 5 heteroatoms. The molecule has 4 aromatic rings. The lowest BCUT2D eigenvalue weighted by Gasteiger charge is -2.14. The summed E-state index contributed by atoms with van der Waals surface area (Å²) in [7, 11) is 0. The molecule has 0 spiro atoms. The van der Waals surface area contributed by atoms with Crippen molar-refractivity contribution in [3.05, 3.63) is 59.2 Å². The fourth-order valence-electron chi connectivity index (χ4n) is 3.33. The van der Waals surface area contributed by atoms with Gasteiger partial charge >= 0.3 is 0 Å². The summed E-state index contributed by atoms with van der Waals surface area (Å²) in [6, 6.07) is 10.3. The molecule has 4 rings (SSSR count). The molecule has 0 N–H and O–H groups in total. The maximum absolute atomic E-state index is 5.65. The zero-order valence-electron chi connectivity index (χ0n) is 14.2. The van der Waals surface area contributed by atoms with Crippen molar-refractivity contribution in [2.75, 3.05) is 0 Å². The van der Waals surface area contributed by atoms with Crippen LogP contribution in [0.25, 0.3) is 28.2 Å². The minimum absolute atomic E-state index is 0.661. The van der Waals surface area contributed by atoms with Crippen LogP contribution in [0.15, 0.2) is 41.1 Å². The number of rotatable bonds is 2. The first-order valence-corrected chi connectivity index (χ1v) is 7.89. The fourth-order valence-corrected chi connectivity index (χ4v) is 3.33. The second-order valence-electron chi connectivity index (χ2n) is 6.19. The third-order valence-corrected chi connectivity index (χ3v) is 4.18. The predicted molar refractivity (Wildman–Crippen MR) is 93.3 cm³/mol. The molecule has 24 heavy (non-hydrogen) atoms. The Morgan fingerprint density at radius 1 is 0.958 bits per heavy atom. The van der Waals surface area contributed by atoms with Crippen LogP contribution in [0, 0.1) is 27.7 Å². The summed E-state index contributed by atoms with van der Waals surface area (Å²) >= 11 is 0. The van der Waals surface area contributed by atoms with E-state index in [-0.39, 0.29) is 0 Å². The Bertz CT molecular complexity index is 1040. The van der Waals surface area contributed by atoms with Gasteiger partial charge in [-0.25, -0.2) is 4.98 Å². The number of aromatic nitrogens is 4. The smallest absolute Gasteiger partial charge is 0.192 e. The van der Waals surface area contributed by atoms with Crippen LogP contribution in [-0.2, 0) is 0 Å². The molecule has 2 aromatic carbocycles. The maximum atomic E-state index is 5.65. The van der Waals surface area contributed by atoms with Gasteiger partial charge in [-0.2, -0.15) is 0 Å². The molecule has 0 unspecified atom stereocenters.